The molecule has 5 heterocycles. The van der Waals surface area contributed by atoms with Gasteiger partial charge in [-0.3, -0.25) is 19.2 Å². The number of nitriles is 1. The number of alkyl halides is 3. The Hall–Kier alpha value is -4.78. The largest absolute Gasteiger partial charge is 0.491 e. The third-order valence-electron chi connectivity index (χ3n) is 9.72. The molecule has 11 nitrogen and oxygen atoms in total. The molecule has 0 atom stereocenters. The number of carboxylic acids is 1. The van der Waals surface area contributed by atoms with Crippen LogP contribution in [0, 0.1) is 18.3 Å². The number of aromatic nitrogens is 4. The Morgan fingerprint density at radius 1 is 1.16 bits per heavy atom. The zero-order valence-corrected chi connectivity index (χ0v) is 28.9. The van der Waals surface area contributed by atoms with Gasteiger partial charge in [0.25, 0.3) is 5.56 Å². The lowest BCUT2D eigenvalue weighted by Crippen LogP contribution is -2.52. The average Bonchev–Trinajstić information content (AvgIpc) is 3.77. The van der Waals surface area contributed by atoms with Crippen molar-refractivity contribution < 1.29 is 27.8 Å². The van der Waals surface area contributed by atoms with Crippen LogP contribution in [0.4, 0.5) is 19.0 Å². The van der Waals surface area contributed by atoms with Crippen LogP contribution in [-0.2, 0) is 6.54 Å². The van der Waals surface area contributed by atoms with Crippen LogP contribution in [0.2, 0.25) is 5.02 Å². The summed E-state index contributed by atoms with van der Waals surface area (Å²) in [5.74, 6) is 0.146. The highest BCUT2D eigenvalue weighted by atomic mass is 35.5. The second-order valence-corrected chi connectivity index (χ2v) is 14.1. The molecule has 1 N–H and O–H groups in total. The summed E-state index contributed by atoms with van der Waals surface area (Å²) in [4.78, 5) is 43.1. The van der Waals surface area contributed by atoms with Crippen LogP contribution >= 0.6 is 22.9 Å². The van der Waals surface area contributed by atoms with Gasteiger partial charge in [0.2, 0.25) is 0 Å². The Bertz CT molecular complexity index is 2270. The number of benzene rings is 1. The fraction of sp³-hybridized carbons (Fsp3) is 0.371. The zero-order chi connectivity index (χ0) is 36.1. The van der Waals surface area contributed by atoms with Gasteiger partial charge in [0, 0.05) is 65.9 Å². The molecule has 51 heavy (non-hydrogen) atoms. The van der Waals surface area contributed by atoms with Crippen LogP contribution in [0.3, 0.4) is 0 Å². The van der Waals surface area contributed by atoms with E-state index in [4.69, 9.17) is 16.3 Å². The maximum absolute atomic E-state index is 14.0. The summed E-state index contributed by atoms with van der Waals surface area (Å²) in [5, 5.41) is 22.0. The van der Waals surface area contributed by atoms with E-state index in [-0.39, 0.29) is 41.6 Å². The predicted molar refractivity (Wildman–Crippen MR) is 187 cm³/mol. The van der Waals surface area contributed by atoms with Crippen molar-refractivity contribution in [3.8, 4) is 22.9 Å². The number of rotatable bonds is 10. The van der Waals surface area contributed by atoms with Crippen molar-refractivity contribution in [2.75, 3.05) is 37.7 Å². The number of carbonyl (C=O) groups is 1. The number of thiophene rings is 1. The van der Waals surface area contributed by atoms with Crippen LogP contribution in [0.1, 0.15) is 47.4 Å². The summed E-state index contributed by atoms with van der Waals surface area (Å²) < 4.78 is 47.1. The SMILES string of the molecule is Cc1nc2cnc(N3CCN(C4(CCC(F)(F)F)CC4)CC3)c(C#N)c2c(=O)n1CCOc1ccc(Cl)cc1-c1ccnc2c(C(=O)O)csc12. The Morgan fingerprint density at radius 3 is 2.61 bits per heavy atom. The molecule has 1 aromatic carbocycles. The normalized spacial score (nSPS) is 16.0. The highest BCUT2D eigenvalue weighted by molar-refractivity contribution is 7.18. The van der Waals surface area contributed by atoms with Crippen LogP contribution in [-0.4, -0.2) is 80.0 Å². The monoisotopic (exact) mass is 737 g/mol. The second kappa shape index (κ2) is 13.4. The Kier molecular flexibility index (Phi) is 9.11. The number of piperazine rings is 1. The quantitative estimate of drug-likeness (QED) is 0.165. The van der Waals surface area contributed by atoms with Gasteiger partial charge in [-0.15, -0.1) is 11.3 Å². The number of carboxylic acid groups (broad SMARTS) is 1. The highest BCUT2D eigenvalue weighted by Crippen LogP contribution is 2.48. The van der Waals surface area contributed by atoms with Crippen LogP contribution in [0.25, 0.3) is 32.2 Å². The molecule has 0 radical (unpaired) electrons. The van der Waals surface area contributed by atoms with E-state index >= 15 is 0 Å². The molecule has 0 spiro atoms. The molecular weight excluding hydrogens is 707 g/mol. The van der Waals surface area contributed by atoms with Crippen molar-refractivity contribution in [2.45, 2.75) is 50.9 Å². The van der Waals surface area contributed by atoms with Crippen molar-refractivity contribution >= 4 is 55.8 Å². The van der Waals surface area contributed by atoms with E-state index in [0.29, 0.717) is 69.9 Å². The smallest absolute Gasteiger partial charge is 0.389 e. The summed E-state index contributed by atoms with van der Waals surface area (Å²) in [6.07, 6.45) is -0.420. The first-order valence-corrected chi connectivity index (χ1v) is 17.5. The molecule has 264 valence electrons. The molecule has 16 heteroatoms. The first-order valence-electron chi connectivity index (χ1n) is 16.3. The zero-order valence-electron chi connectivity index (χ0n) is 27.3. The lowest BCUT2D eigenvalue weighted by Gasteiger charge is -2.40. The van der Waals surface area contributed by atoms with Gasteiger partial charge in [0.1, 0.15) is 35.6 Å². The standard InChI is InChI=1S/C35H31ClF3N7O4S/c1-20-43-26-18-42-31(44-10-12-45(13-11-44)34(5-6-34)7-8-35(37,38)39)24(17-40)28(26)32(47)46(20)14-15-50-27-3-2-21(36)16-23(27)22-4-9-41-29-25(33(48)49)19-51-30(22)29/h2-4,9,16,18-19H,5-8,10-15H2,1H3,(H,48,49). The van der Waals surface area contributed by atoms with Gasteiger partial charge < -0.3 is 14.7 Å². The molecular formula is C35H31ClF3N7O4S. The number of hydrogen-bond acceptors (Lipinski definition) is 10. The number of nitrogens with zero attached hydrogens (tertiary/aromatic N) is 7. The van der Waals surface area contributed by atoms with E-state index in [0.717, 1.165) is 12.8 Å². The summed E-state index contributed by atoms with van der Waals surface area (Å²) in [6, 6.07) is 9.03. The molecule has 7 rings (SSSR count). The van der Waals surface area contributed by atoms with Gasteiger partial charge in [-0.05, 0) is 50.5 Å². The number of anilines is 1. The van der Waals surface area contributed by atoms with Crippen LogP contribution in [0.5, 0.6) is 5.75 Å². The highest BCUT2D eigenvalue weighted by Gasteiger charge is 2.50. The molecule has 0 unspecified atom stereocenters. The first kappa shape index (κ1) is 34.7. The van der Waals surface area contributed by atoms with E-state index in [1.54, 1.807) is 36.6 Å². The Labute approximate surface area is 298 Å². The second-order valence-electron chi connectivity index (χ2n) is 12.7. The third-order valence-corrected chi connectivity index (χ3v) is 11.0. The fourth-order valence-corrected chi connectivity index (χ4v) is 8.14. The molecule has 0 amide bonds. The molecule has 2 fully saturated rings. The van der Waals surface area contributed by atoms with E-state index < -0.39 is 29.7 Å². The number of aromatic carboxylic acids is 1. The van der Waals surface area contributed by atoms with Crippen LogP contribution < -0.4 is 15.2 Å². The van der Waals surface area contributed by atoms with Crippen LogP contribution in [0.15, 0.2) is 46.8 Å². The summed E-state index contributed by atoms with van der Waals surface area (Å²) in [6.45, 7) is 3.81. The maximum atomic E-state index is 14.0. The molecule has 1 aliphatic heterocycles. The van der Waals surface area contributed by atoms with Crippen molar-refractivity contribution in [3.05, 3.63) is 74.4 Å². The van der Waals surface area contributed by atoms with Gasteiger partial charge in [0.05, 0.1) is 39.4 Å². The molecule has 2 aliphatic rings. The lowest BCUT2D eigenvalue weighted by atomic mass is 10.0. The summed E-state index contributed by atoms with van der Waals surface area (Å²) in [7, 11) is 0. The molecule has 5 aromatic rings. The maximum Gasteiger partial charge on any atom is 0.389 e. The van der Waals surface area contributed by atoms with E-state index in [1.165, 1.54) is 28.3 Å². The van der Waals surface area contributed by atoms with Crippen molar-refractivity contribution in [2.24, 2.45) is 0 Å². The number of ether oxygens (including phenoxy) is 1. The minimum atomic E-state index is -4.19. The van der Waals surface area contributed by atoms with E-state index in [9.17, 15) is 33.1 Å². The van der Waals surface area contributed by atoms with Gasteiger partial charge in [-0.25, -0.2) is 14.8 Å². The van der Waals surface area contributed by atoms with E-state index in [1.807, 2.05) is 4.90 Å². The minimum absolute atomic E-state index is 0.0550. The predicted octanol–water partition coefficient (Wildman–Crippen LogP) is 6.68. The number of hydrogen-bond donors (Lipinski definition) is 1. The number of aryl methyl sites for hydroxylation is 1. The van der Waals surface area contributed by atoms with Gasteiger partial charge >= 0.3 is 12.1 Å². The average molecular weight is 738 g/mol. The Balaban J connectivity index is 1.12. The van der Waals surface area contributed by atoms with Gasteiger partial charge in [-0.2, -0.15) is 18.4 Å². The molecule has 1 saturated carbocycles. The first-order chi connectivity index (χ1) is 24.4. The van der Waals surface area contributed by atoms with Crippen molar-refractivity contribution in [1.29, 1.82) is 5.26 Å². The number of fused-ring (bicyclic) bond motifs is 2. The summed E-state index contributed by atoms with van der Waals surface area (Å²) in [5.41, 5.74) is 1.34. The van der Waals surface area contributed by atoms with E-state index in [2.05, 4.69) is 25.9 Å². The lowest BCUT2D eigenvalue weighted by molar-refractivity contribution is -0.139. The van der Waals surface area contributed by atoms with Crippen molar-refractivity contribution in [3.63, 3.8) is 0 Å². The Morgan fingerprint density at radius 2 is 1.92 bits per heavy atom. The summed E-state index contributed by atoms with van der Waals surface area (Å²) >= 11 is 7.62. The third kappa shape index (κ3) is 6.71. The van der Waals surface area contributed by atoms with Gasteiger partial charge in [0.15, 0.2) is 0 Å². The topological polar surface area (TPSA) is 137 Å². The van der Waals surface area contributed by atoms with Crippen molar-refractivity contribution in [1.82, 2.24) is 24.4 Å². The molecule has 1 saturated heterocycles. The minimum Gasteiger partial charge on any atom is -0.491 e. The fourth-order valence-electron chi connectivity index (χ4n) is 6.94. The van der Waals surface area contributed by atoms with Gasteiger partial charge in [-0.1, -0.05) is 11.6 Å². The number of pyridine rings is 2. The molecule has 1 aliphatic carbocycles. The molecule has 4 aromatic heterocycles. The molecule has 0 bridgehead atoms. The number of halogens is 4.